The third kappa shape index (κ3) is 2.67. The normalized spacial score (nSPS) is 9.67. The summed E-state index contributed by atoms with van der Waals surface area (Å²) in [6.07, 6.45) is 0. The second-order valence-corrected chi connectivity index (χ2v) is 2.78. The molecule has 80 valence electrons. The minimum absolute atomic E-state index is 0.0297. The van der Waals surface area contributed by atoms with Gasteiger partial charge in [-0.05, 0) is 12.1 Å². The number of rotatable bonds is 3. The summed E-state index contributed by atoms with van der Waals surface area (Å²) in [7, 11) is 0. The van der Waals surface area contributed by atoms with Crippen LogP contribution < -0.4 is 11.1 Å². The van der Waals surface area contributed by atoms with Crippen LogP contribution in [0.3, 0.4) is 0 Å². The molecule has 4 N–H and O–H groups in total. The number of halogens is 1. The lowest BCUT2D eigenvalue weighted by Gasteiger charge is -2.06. The molecule has 1 rings (SSSR count). The molecule has 0 atom stereocenters. The molecule has 0 radical (unpaired) electrons. The lowest BCUT2D eigenvalue weighted by atomic mass is 10.1. The Balaban J connectivity index is 2.86. The summed E-state index contributed by atoms with van der Waals surface area (Å²) in [5.74, 6) is -2.83. The van der Waals surface area contributed by atoms with Gasteiger partial charge in [0, 0.05) is 5.69 Å². The highest BCUT2D eigenvalue weighted by Crippen LogP contribution is 2.14. The maximum atomic E-state index is 13.1. The Bertz CT molecular complexity index is 386. The summed E-state index contributed by atoms with van der Waals surface area (Å²) >= 11 is 0. The number of carboxylic acid groups (broad SMARTS) is 1. The summed E-state index contributed by atoms with van der Waals surface area (Å²) in [6.45, 7) is -0.577. The minimum Gasteiger partial charge on any atom is -0.480 e. The van der Waals surface area contributed by atoms with Gasteiger partial charge in [0.1, 0.15) is 12.4 Å². The van der Waals surface area contributed by atoms with E-state index < -0.39 is 24.2 Å². The van der Waals surface area contributed by atoms with Crippen LogP contribution in [0, 0.1) is 5.82 Å². The lowest BCUT2D eigenvalue weighted by molar-refractivity contribution is -0.135. The first-order chi connectivity index (χ1) is 7.02. The smallest absolute Gasteiger partial charge is 0.322 e. The fourth-order valence-corrected chi connectivity index (χ4v) is 1.02. The highest BCUT2D eigenvalue weighted by Gasteiger charge is 2.15. The van der Waals surface area contributed by atoms with Crippen LogP contribution in [0.2, 0.25) is 0 Å². The van der Waals surface area contributed by atoms with Gasteiger partial charge in [-0.2, -0.15) is 0 Å². The molecule has 0 aliphatic rings. The van der Waals surface area contributed by atoms with E-state index in [1.54, 1.807) is 0 Å². The molecular weight excluding hydrogens is 202 g/mol. The Morgan fingerprint density at radius 3 is 2.67 bits per heavy atom. The van der Waals surface area contributed by atoms with Crippen molar-refractivity contribution in [2.24, 2.45) is 0 Å². The van der Waals surface area contributed by atoms with Crippen LogP contribution in [-0.2, 0) is 4.79 Å². The number of carbonyl (C=O) groups is 2. The van der Waals surface area contributed by atoms with Gasteiger partial charge >= 0.3 is 5.97 Å². The monoisotopic (exact) mass is 211 g/mol. The molecule has 5 nitrogen and oxygen atoms in total. The molecule has 0 saturated carbocycles. The summed E-state index contributed by atoms with van der Waals surface area (Å²) in [5, 5.41) is 10.3. The first kappa shape index (κ1) is 11.0. The van der Waals surface area contributed by atoms with Crippen LogP contribution in [-0.4, -0.2) is 23.5 Å². The molecule has 0 aliphatic carbocycles. The molecular formula is C9H9FN2O3. The van der Waals surface area contributed by atoms with Gasteiger partial charge in [0.15, 0.2) is 0 Å². The van der Waals surface area contributed by atoms with E-state index in [1.165, 1.54) is 12.1 Å². The number of hydrogen-bond acceptors (Lipinski definition) is 3. The predicted octanol–water partition coefficient (Wildman–Crippen LogP) is 0.222. The zero-order valence-corrected chi connectivity index (χ0v) is 7.66. The third-order valence-corrected chi connectivity index (χ3v) is 1.67. The second-order valence-electron chi connectivity index (χ2n) is 2.78. The number of carbonyl (C=O) groups excluding carboxylic acids is 1. The molecule has 0 aliphatic heterocycles. The Morgan fingerprint density at radius 2 is 2.13 bits per heavy atom. The van der Waals surface area contributed by atoms with Crippen molar-refractivity contribution in [1.29, 1.82) is 0 Å². The predicted molar refractivity (Wildman–Crippen MR) is 50.8 cm³/mol. The van der Waals surface area contributed by atoms with Gasteiger partial charge in [-0.25, -0.2) is 4.39 Å². The third-order valence-electron chi connectivity index (χ3n) is 1.67. The van der Waals surface area contributed by atoms with Crippen LogP contribution in [0.5, 0.6) is 0 Å². The number of nitrogen functional groups attached to an aromatic ring is 1. The van der Waals surface area contributed by atoms with Gasteiger partial charge in [0.05, 0.1) is 5.56 Å². The van der Waals surface area contributed by atoms with E-state index in [4.69, 9.17) is 10.8 Å². The van der Waals surface area contributed by atoms with Crippen molar-refractivity contribution < 1.29 is 19.1 Å². The summed E-state index contributed by atoms with van der Waals surface area (Å²) < 4.78 is 13.1. The van der Waals surface area contributed by atoms with Crippen LogP contribution in [0.4, 0.5) is 10.1 Å². The molecule has 0 saturated heterocycles. The van der Waals surface area contributed by atoms with E-state index >= 15 is 0 Å². The van der Waals surface area contributed by atoms with Gasteiger partial charge in [-0.1, -0.05) is 6.07 Å². The van der Waals surface area contributed by atoms with Crippen molar-refractivity contribution >= 4 is 17.6 Å². The number of hydrogen-bond donors (Lipinski definition) is 3. The summed E-state index contributed by atoms with van der Waals surface area (Å²) in [4.78, 5) is 21.5. The second kappa shape index (κ2) is 4.41. The van der Waals surface area contributed by atoms with E-state index in [9.17, 15) is 14.0 Å². The molecule has 15 heavy (non-hydrogen) atoms. The Morgan fingerprint density at radius 1 is 1.47 bits per heavy atom. The van der Waals surface area contributed by atoms with Crippen molar-refractivity contribution in [3.05, 3.63) is 29.6 Å². The summed E-state index contributed by atoms with van der Waals surface area (Å²) in [6, 6.07) is 3.80. The lowest BCUT2D eigenvalue weighted by Crippen LogP contribution is -2.30. The average molecular weight is 211 g/mol. The van der Waals surface area contributed by atoms with Gasteiger partial charge < -0.3 is 16.2 Å². The number of carboxylic acids is 1. The van der Waals surface area contributed by atoms with E-state index in [0.717, 1.165) is 6.07 Å². The van der Waals surface area contributed by atoms with Gasteiger partial charge in [-0.3, -0.25) is 9.59 Å². The minimum atomic E-state index is -1.21. The first-order valence-electron chi connectivity index (χ1n) is 4.06. The molecule has 0 spiro atoms. The van der Waals surface area contributed by atoms with E-state index in [2.05, 4.69) is 0 Å². The molecule has 6 heteroatoms. The molecule has 0 unspecified atom stereocenters. The van der Waals surface area contributed by atoms with Crippen LogP contribution in [0.1, 0.15) is 10.4 Å². The van der Waals surface area contributed by atoms with Crippen molar-refractivity contribution in [3.63, 3.8) is 0 Å². The number of nitrogens with two attached hydrogens (primary N) is 1. The van der Waals surface area contributed by atoms with Crippen LogP contribution >= 0.6 is 0 Å². The topological polar surface area (TPSA) is 92.4 Å². The zero-order valence-electron chi connectivity index (χ0n) is 7.66. The molecule has 0 fully saturated rings. The van der Waals surface area contributed by atoms with Crippen molar-refractivity contribution in [1.82, 2.24) is 5.32 Å². The molecule has 0 aromatic heterocycles. The maximum absolute atomic E-state index is 13.1. The fourth-order valence-electron chi connectivity index (χ4n) is 1.02. The molecule has 1 amide bonds. The van der Waals surface area contributed by atoms with E-state index in [-0.39, 0.29) is 11.3 Å². The highest BCUT2D eigenvalue weighted by atomic mass is 18.2. The van der Waals surface area contributed by atoms with Gasteiger partial charge in [-0.15, -0.1) is 0 Å². The van der Waals surface area contributed by atoms with E-state index in [1.807, 2.05) is 5.32 Å². The SMILES string of the molecule is Nc1cccc([18F])c1C(=O)NCC(=O)O. The van der Waals surface area contributed by atoms with Crippen molar-refractivity contribution in [3.8, 4) is 0 Å². The largest absolute Gasteiger partial charge is 0.480 e. The Kier molecular flexibility index (Phi) is 3.22. The van der Waals surface area contributed by atoms with Crippen molar-refractivity contribution in [2.45, 2.75) is 0 Å². The number of benzene rings is 1. The highest BCUT2D eigenvalue weighted by molar-refractivity contribution is 6.00. The number of nitrogens with one attached hydrogen (secondary N) is 1. The standard InChI is InChI=1S/C9H9FN2O3/c10-5-2-1-3-6(11)8(5)9(15)12-4-7(13)14/h1-3H,4,11H2,(H,12,15)(H,13,14)/i10-1. The van der Waals surface area contributed by atoms with Crippen molar-refractivity contribution in [2.75, 3.05) is 12.3 Å². The Hall–Kier alpha value is -2.11. The fraction of sp³-hybridized carbons (Fsp3) is 0.111. The quantitative estimate of drug-likeness (QED) is 0.623. The molecule has 1 aromatic rings. The van der Waals surface area contributed by atoms with Gasteiger partial charge in [0.2, 0.25) is 0 Å². The molecule has 0 heterocycles. The van der Waals surface area contributed by atoms with Crippen LogP contribution in [0.25, 0.3) is 0 Å². The number of amides is 1. The maximum Gasteiger partial charge on any atom is 0.322 e. The number of anilines is 1. The average Bonchev–Trinajstić information content (AvgIpc) is 2.14. The van der Waals surface area contributed by atoms with E-state index in [0.29, 0.717) is 0 Å². The number of aliphatic carboxylic acids is 1. The van der Waals surface area contributed by atoms with Crippen LogP contribution in [0.15, 0.2) is 18.2 Å². The van der Waals surface area contributed by atoms with Gasteiger partial charge in [0.25, 0.3) is 5.91 Å². The Labute approximate surface area is 84.7 Å². The molecule has 1 aromatic carbocycles. The zero-order chi connectivity index (χ0) is 11.4. The molecule has 0 bridgehead atoms. The first-order valence-corrected chi connectivity index (χ1v) is 4.06. The summed E-state index contributed by atoms with van der Waals surface area (Å²) in [5.41, 5.74) is 5.02.